The van der Waals surface area contributed by atoms with E-state index >= 15 is 0 Å². The number of anilines is 2. The zero-order chi connectivity index (χ0) is 16.6. The van der Waals surface area contributed by atoms with Gasteiger partial charge >= 0.3 is 6.03 Å². The lowest BCUT2D eigenvalue weighted by Gasteiger charge is -2.33. The number of urea groups is 1. The summed E-state index contributed by atoms with van der Waals surface area (Å²) in [7, 11) is 0. The summed E-state index contributed by atoms with van der Waals surface area (Å²) in [5.74, 6) is 0.146. The van der Waals surface area contributed by atoms with E-state index in [9.17, 15) is 9.18 Å². The number of nitrogens with one attached hydrogen (secondary N) is 1. The molecule has 0 radical (unpaired) electrons. The van der Waals surface area contributed by atoms with Crippen LogP contribution in [-0.2, 0) is 0 Å². The Hall–Kier alpha value is -2.27. The van der Waals surface area contributed by atoms with Crippen LogP contribution in [0.4, 0.5) is 20.6 Å². The monoisotopic (exact) mass is 334 g/mol. The molecule has 3 rings (SSSR count). The first-order valence-electron chi connectivity index (χ1n) is 7.25. The Morgan fingerprint density at radius 3 is 2.87 bits per heavy atom. The number of halogens is 2. The SMILES string of the molecule is Cc1ccc2c(c1)N(C(=O)Nc1ccc(F)c(Cl)c1)C[C@@H](C)O2. The van der Waals surface area contributed by atoms with Crippen LogP contribution in [0.5, 0.6) is 5.75 Å². The third-order valence-corrected chi connectivity index (χ3v) is 3.88. The fourth-order valence-corrected chi connectivity index (χ4v) is 2.69. The molecule has 2 aromatic carbocycles. The predicted molar refractivity (Wildman–Crippen MR) is 89.0 cm³/mol. The van der Waals surface area contributed by atoms with Crippen LogP contribution in [0.15, 0.2) is 36.4 Å². The number of rotatable bonds is 1. The van der Waals surface area contributed by atoms with E-state index in [1.54, 1.807) is 4.90 Å². The van der Waals surface area contributed by atoms with Crippen molar-refractivity contribution in [2.45, 2.75) is 20.0 Å². The first kappa shape index (κ1) is 15.6. The molecule has 1 aliphatic rings. The molecule has 0 aromatic heterocycles. The van der Waals surface area contributed by atoms with E-state index in [0.717, 1.165) is 5.56 Å². The highest BCUT2D eigenvalue weighted by Gasteiger charge is 2.27. The van der Waals surface area contributed by atoms with Crippen LogP contribution in [-0.4, -0.2) is 18.7 Å². The van der Waals surface area contributed by atoms with Gasteiger partial charge in [0.2, 0.25) is 0 Å². The van der Waals surface area contributed by atoms with Crippen molar-refractivity contribution in [3.63, 3.8) is 0 Å². The summed E-state index contributed by atoms with van der Waals surface area (Å²) < 4.78 is 19.0. The van der Waals surface area contributed by atoms with Crippen molar-refractivity contribution in [3.05, 3.63) is 52.8 Å². The van der Waals surface area contributed by atoms with E-state index in [-0.39, 0.29) is 17.2 Å². The summed E-state index contributed by atoms with van der Waals surface area (Å²) in [6, 6.07) is 9.46. The molecule has 0 saturated heterocycles. The average Bonchev–Trinajstić information content (AvgIpc) is 2.50. The Bertz CT molecular complexity index is 766. The minimum atomic E-state index is -0.523. The van der Waals surface area contributed by atoms with Crippen molar-refractivity contribution in [2.75, 3.05) is 16.8 Å². The van der Waals surface area contributed by atoms with Gasteiger partial charge in [-0.15, -0.1) is 0 Å². The van der Waals surface area contributed by atoms with Gasteiger partial charge in [0.05, 0.1) is 17.3 Å². The lowest BCUT2D eigenvalue weighted by Crippen LogP contribution is -2.44. The second-order valence-corrected chi connectivity index (χ2v) is 5.98. The maximum absolute atomic E-state index is 13.2. The molecule has 0 aliphatic carbocycles. The molecule has 23 heavy (non-hydrogen) atoms. The molecule has 120 valence electrons. The van der Waals surface area contributed by atoms with Crippen molar-refractivity contribution >= 4 is 29.0 Å². The molecular formula is C17H16ClFN2O2. The third-order valence-electron chi connectivity index (χ3n) is 3.59. The molecule has 2 amide bonds. The van der Waals surface area contributed by atoms with Crippen molar-refractivity contribution in [1.82, 2.24) is 0 Å². The van der Waals surface area contributed by atoms with Crippen LogP contribution in [0.2, 0.25) is 5.02 Å². The Kier molecular flexibility index (Phi) is 4.13. The maximum atomic E-state index is 13.2. The molecule has 0 saturated carbocycles. The van der Waals surface area contributed by atoms with E-state index in [1.807, 2.05) is 32.0 Å². The van der Waals surface area contributed by atoms with E-state index in [4.69, 9.17) is 16.3 Å². The number of hydrogen-bond donors (Lipinski definition) is 1. The maximum Gasteiger partial charge on any atom is 0.326 e. The van der Waals surface area contributed by atoms with Crippen LogP contribution >= 0.6 is 11.6 Å². The standard InChI is InChI=1S/C17H16ClFN2O2/c1-10-3-6-16-15(7-10)21(9-11(2)23-16)17(22)20-12-4-5-14(19)13(18)8-12/h3-8,11H,9H2,1-2H3,(H,20,22)/t11-/m1/s1. The van der Waals surface area contributed by atoms with Crippen LogP contribution in [0.3, 0.4) is 0 Å². The van der Waals surface area contributed by atoms with Crippen LogP contribution in [0.1, 0.15) is 12.5 Å². The van der Waals surface area contributed by atoms with Gasteiger partial charge in [-0.05, 0) is 49.7 Å². The zero-order valence-electron chi connectivity index (χ0n) is 12.8. The second kappa shape index (κ2) is 6.08. The molecule has 0 unspecified atom stereocenters. The highest BCUT2D eigenvalue weighted by atomic mass is 35.5. The Balaban J connectivity index is 1.87. The summed E-state index contributed by atoms with van der Waals surface area (Å²) in [5.41, 5.74) is 2.19. The van der Waals surface area contributed by atoms with Crippen LogP contribution < -0.4 is 15.0 Å². The molecule has 4 nitrogen and oxygen atoms in total. The topological polar surface area (TPSA) is 41.6 Å². The Morgan fingerprint density at radius 2 is 2.13 bits per heavy atom. The molecule has 1 atom stereocenters. The van der Waals surface area contributed by atoms with Crippen molar-refractivity contribution in [3.8, 4) is 5.75 Å². The highest BCUT2D eigenvalue weighted by Crippen LogP contribution is 2.34. The van der Waals surface area contributed by atoms with Gasteiger partial charge in [0.25, 0.3) is 0 Å². The van der Waals surface area contributed by atoms with Crippen molar-refractivity contribution < 1.29 is 13.9 Å². The van der Waals surface area contributed by atoms with Crippen molar-refractivity contribution in [2.24, 2.45) is 0 Å². The summed E-state index contributed by atoms with van der Waals surface area (Å²) in [4.78, 5) is 14.2. The summed E-state index contributed by atoms with van der Waals surface area (Å²) in [6.45, 7) is 4.28. The molecule has 0 spiro atoms. The average molecular weight is 335 g/mol. The number of nitrogens with zero attached hydrogens (tertiary/aromatic N) is 1. The molecule has 0 bridgehead atoms. The summed E-state index contributed by atoms with van der Waals surface area (Å²) in [6.07, 6.45) is -0.118. The Morgan fingerprint density at radius 1 is 1.35 bits per heavy atom. The van der Waals surface area contributed by atoms with Crippen LogP contribution in [0, 0.1) is 12.7 Å². The number of amides is 2. The zero-order valence-corrected chi connectivity index (χ0v) is 13.5. The minimum absolute atomic E-state index is 0.0330. The van der Waals surface area contributed by atoms with Gasteiger partial charge in [0, 0.05) is 5.69 Å². The van der Waals surface area contributed by atoms with Crippen LogP contribution in [0.25, 0.3) is 0 Å². The molecule has 1 aliphatic heterocycles. The number of carbonyl (C=O) groups is 1. The number of hydrogen-bond acceptors (Lipinski definition) is 2. The van der Waals surface area contributed by atoms with Crippen molar-refractivity contribution in [1.29, 1.82) is 0 Å². The molecule has 1 N–H and O–H groups in total. The second-order valence-electron chi connectivity index (χ2n) is 5.57. The largest absolute Gasteiger partial charge is 0.487 e. The number of aryl methyl sites for hydroxylation is 1. The lowest BCUT2D eigenvalue weighted by atomic mass is 10.1. The lowest BCUT2D eigenvalue weighted by molar-refractivity contribution is 0.208. The summed E-state index contributed by atoms with van der Waals surface area (Å²) in [5, 5.41) is 2.71. The fraction of sp³-hybridized carbons (Fsp3) is 0.235. The molecule has 2 aromatic rings. The minimum Gasteiger partial charge on any atom is -0.487 e. The van der Waals surface area contributed by atoms with E-state index in [0.29, 0.717) is 23.7 Å². The third kappa shape index (κ3) is 3.24. The van der Waals surface area contributed by atoms with Gasteiger partial charge in [-0.2, -0.15) is 0 Å². The normalized spacial score (nSPS) is 16.5. The van der Waals surface area contributed by atoms with E-state index in [2.05, 4.69) is 5.32 Å². The fourth-order valence-electron chi connectivity index (χ4n) is 2.50. The number of ether oxygens (including phenoxy) is 1. The summed E-state index contributed by atoms with van der Waals surface area (Å²) >= 11 is 5.75. The van der Waals surface area contributed by atoms with Gasteiger partial charge in [-0.3, -0.25) is 4.90 Å². The predicted octanol–water partition coefficient (Wildman–Crippen LogP) is 4.61. The smallest absolute Gasteiger partial charge is 0.326 e. The van der Waals surface area contributed by atoms with Gasteiger partial charge in [-0.1, -0.05) is 17.7 Å². The molecular weight excluding hydrogens is 319 g/mol. The van der Waals surface area contributed by atoms with Gasteiger partial charge in [-0.25, -0.2) is 9.18 Å². The van der Waals surface area contributed by atoms with Gasteiger partial charge in [0.1, 0.15) is 17.7 Å². The first-order chi connectivity index (χ1) is 10.9. The number of fused-ring (bicyclic) bond motifs is 1. The quantitative estimate of drug-likeness (QED) is 0.827. The Labute approximate surface area is 138 Å². The van der Waals surface area contributed by atoms with E-state index < -0.39 is 5.82 Å². The highest BCUT2D eigenvalue weighted by molar-refractivity contribution is 6.31. The first-order valence-corrected chi connectivity index (χ1v) is 7.62. The number of benzene rings is 2. The van der Waals surface area contributed by atoms with Gasteiger partial charge < -0.3 is 10.1 Å². The number of carbonyl (C=O) groups excluding carboxylic acids is 1. The molecule has 0 fully saturated rings. The molecule has 6 heteroatoms. The van der Waals surface area contributed by atoms with E-state index in [1.165, 1.54) is 18.2 Å². The van der Waals surface area contributed by atoms with Gasteiger partial charge in [0.15, 0.2) is 0 Å². The molecule has 1 heterocycles.